The van der Waals surface area contributed by atoms with E-state index < -0.39 is 0 Å². The van der Waals surface area contributed by atoms with Crippen LogP contribution in [0.3, 0.4) is 0 Å². The van der Waals surface area contributed by atoms with Gasteiger partial charge in [-0.2, -0.15) is 0 Å². The first-order chi connectivity index (χ1) is 4.20. The topological polar surface area (TPSA) is 9.23 Å². The van der Waals surface area contributed by atoms with Crippen LogP contribution >= 0.6 is 0 Å². The minimum Gasteiger partial charge on any atom is -0.374 e. The molecule has 0 fully saturated rings. The van der Waals surface area contributed by atoms with Gasteiger partial charge >= 0.3 is 0 Å². The van der Waals surface area contributed by atoms with Gasteiger partial charge in [-0.3, -0.25) is 0 Å². The third-order valence-corrected chi connectivity index (χ3v) is 1.91. The van der Waals surface area contributed by atoms with Crippen LogP contribution < -0.4 is 0 Å². The molecule has 1 aliphatic heterocycles. The summed E-state index contributed by atoms with van der Waals surface area (Å²) in [6.45, 7) is 7.29. The molecule has 1 aliphatic rings. The monoisotopic (exact) mass is 126 g/mol. The fourth-order valence-electron chi connectivity index (χ4n) is 1.05. The van der Waals surface area contributed by atoms with E-state index in [9.17, 15) is 0 Å². The second-order valence-corrected chi connectivity index (χ2v) is 2.89. The zero-order valence-corrected chi connectivity index (χ0v) is 6.40. The van der Waals surface area contributed by atoms with Crippen LogP contribution in [-0.4, -0.2) is 12.7 Å². The maximum Gasteiger partial charge on any atom is 0.0680 e. The highest BCUT2D eigenvalue weighted by Crippen LogP contribution is 2.18. The van der Waals surface area contributed by atoms with Gasteiger partial charge in [0.05, 0.1) is 12.7 Å². The van der Waals surface area contributed by atoms with E-state index in [2.05, 4.69) is 20.8 Å². The molecule has 1 heteroatoms. The second-order valence-electron chi connectivity index (χ2n) is 2.89. The van der Waals surface area contributed by atoms with E-state index in [-0.39, 0.29) is 0 Å². The largest absolute Gasteiger partial charge is 0.374 e. The molecule has 0 saturated carbocycles. The van der Waals surface area contributed by atoms with Crippen molar-refractivity contribution in [3.63, 3.8) is 0 Å². The van der Waals surface area contributed by atoms with E-state index in [1.165, 1.54) is 11.1 Å². The van der Waals surface area contributed by atoms with Crippen molar-refractivity contribution in [3.8, 4) is 0 Å². The van der Waals surface area contributed by atoms with Crippen LogP contribution in [0.25, 0.3) is 0 Å². The molecule has 0 aromatic heterocycles. The van der Waals surface area contributed by atoms with Gasteiger partial charge in [-0.25, -0.2) is 0 Å². The van der Waals surface area contributed by atoms with E-state index in [4.69, 9.17) is 4.74 Å². The lowest BCUT2D eigenvalue weighted by Crippen LogP contribution is -2.16. The van der Waals surface area contributed by atoms with Crippen molar-refractivity contribution >= 4 is 0 Å². The summed E-state index contributed by atoms with van der Waals surface area (Å²) in [6.07, 6.45) is 1.56. The second kappa shape index (κ2) is 2.53. The van der Waals surface area contributed by atoms with E-state index in [1.54, 1.807) is 0 Å². The Kier molecular flexibility index (Phi) is 1.91. The van der Waals surface area contributed by atoms with E-state index in [1.807, 2.05) is 0 Å². The first kappa shape index (κ1) is 6.81. The van der Waals surface area contributed by atoms with Crippen LogP contribution in [0.4, 0.5) is 0 Å². The molecule has 0 aromatic rings. The van der Waals surface area contributed by atoms with Crippen LogP contribution in [0.5, 0.6) is 0 Å². The highest BCUT2D eigenvalue weighted by Gasteiger charge is 2.11. The predicted molar refractivity (Wildman–Crippen MR) is 38.4 cm³/mol. The van der Waals surface area contributed by atoms with Crippen molar-refractivity contribution in [3.05, 3.63) is 11.1 Å². The summed E-state index contributed by atoms with van der Waals surface area (Å²) in [7, 11) is 0. The fourth-order valence-corrected chi connectivity index (χ4v) is 1.05. The summed E-state index contributed by atoms with van der Waals surface area (Å²) < 4.78 is 5.40. The average molecular weight is 126 g/mol. The average Bonchev–Trinajstić information content (AvgIpc) is 1.80. The molecule has 0 radical (unpaired) electrons. The SMILES string of the molecule is CC1=C(C)CC(C)OC1. The molecule has 0 aromatic carbocycles. The van der Waals surface area contributed by atoms with Gasteiger partial charge in [-0.05, 0) is 32.8 Å². The fraction of sp³-hybridized carbons (Fsp3) is 0.750. The van der Waals surface area contributed by atoms with Crippen LogP contribution in [-0.2, 0) is 4.74 Å². The molecule has 52 valence electrons. The number of hydrogen-bond acceptors (Lipinski definition) is 1. The first-order valence-corrected chi connectivity index (χ1v) is 3.47. The summed E-state index contributed by atoms with van der Waals surface area (Å²) in [5, 5.41) is 0. The molecule has 0 aliphatic carbocycles. The summed E-state index contributed by atoms with van der Waals surface area (Å²) in [5.74, 6) is 0. The number of hydrogen-bond donors (Lipinski definition) is 0. The molecule has 0 bridgehead atoms. The number of ether oxygens (including phenoxy) is 1. The van der Waals surface area contributed by atoms with Crippen molar-refractivity contribution in [2.45, 2.75) is 33.3 Å². The lowest BCUT2D eigenvalue weighted by atomic mass is 10.0. The quantitative estimate of drug-likeness (QED) is 0.452. The van der Waals surface area contributed by atoms with Crippen molar-refractivity contribution in [1.29, 1.82) is 0 Å². The minimum absolute atomic E-state index is 0.439. The van der Waals surface area contributed by atoms with Gasteiger partial charge in [0.15, 0.2) is 0 Å². The molecule has 0 spiro atoms. The molecule has 1 heterocycles. The molecular weight excluding hydrogens is 112 g/mol. The molecule has 0 amide bonds. The van der Waals surface area contributed by atoms with Gasteiger partial charge in [-0.1, -0.05) is 5.57 Å². The summed E-state index contributed by atoms with van der Waals surface area (Å²) in [4.78, 5) is 0. The molecule has 1 nitrogen and oxygen atoms in total. The molecule has 0 saturated heterocycles. The van der Waals surface area contributed by atoms with Crippen molar-refractivity contribution in [1.82, 2.24) is 0 Å². The predicted octanol–water partition coefficient (Wildman–Crippen LogP) is 2.13. The molecule has 0 N–H and O–H groups in total. The minimum atomic E-state index is 0.439. The Morgan fingerprint density at radius 1 is 1.33 bits per heavy atom. The molecule has 1 atom stereocenters. The Morgan fingerprint density at radius 2 is 2.00 bits per heavy atom. The normalized spacial score (nSPS) is 29.0. The Morgan fingerprint density at radius 3 is 2.44 bits per heavy atom. The van der Waals surface area contributed by atoms with Gasteiger partial charge < -0.3 is 4.74 Å². The van der Waals surface area contributed by atoms with E-state index >= 15 is 0 Å². The third-order valence-electron chi connectivity index (χ3n) is 1.91. The number of rotatable bonds is 0. The summed E-state index contributed by atoms with van der Waals surface area (Å²) in [6, 6.07) is 0. The zero-order valence-electron chi connectivity index (χ0n) is 6.40. The van der Waals surface area contributed by atoms with Gasteiger partial charge in [-0.15, -0.1) is 0 Å². The zero-order chi connectivity index (χ0) is 6.85. The highest BCUT2D eigenvalue weighted by atomic mass is 16.5. The lowest BCUT2D eigenvalue weighted by molar-refractivity contribution is 0.0719. The van der Waals surface area contributed by atoms with Crippen LogP contribution in [0.15, 0.2) is 11.1 Å². The Bertz CT molecular complexity index is 136. The first-order valence-electron chi connectivity index (χ1n) is 3.47. The van der Waals surface area contributed by atoms with Gasteiger partial charge in [0.2, 0.25) is 0 Å². The van der Waals surface area contributed by atoms with Gasteiger partial charge in [0.1, 0.15) is 0 Å². The highest BCUT2D eigenvalue weighted by molar-refractivity contribution is 5.12. The van der Waals surface area contributed by atoms with Crippen LogP contribution in [0.1, 0.15) is 27.2 Å². The van der Waals surface area contributed by atoms with Gasteiger partial charge in [0.25, 0.3) is 0 Å². The van der Waals surface area contributed by atoms with Crippen molar-refractivity contribution in [2.75, 3.05) is 6.61 Å². The van der Waals surface area contributed by atoms with E-state index in [0.717, 1.165) is 13.0 Å². The third kappa shape index (κ3) is 1.55. The Hall–Kier alpha value is -0.300. The Balaban J connectivity index is 2.61. The molecule has 9 heavy (non-hydrogen) atoms. The lowest BCUT2D eigenvalue weighted by Gasteiger charge is -2.21. The van der Waals surface area contributed by atoms with Crippen molar-refractivity contribution in [2.24, 2.45) is 0 Å². The standard InChI is InChI=1S/C8H14O/c1-6-4-8(3)9-5-7(6)2/h8H,4-5H2,1-3H3. The molecular formula is C8H14O. The molecule has 1 unspecified atom stereocenters. The Labute approximate surface area is 56.7 Å². The van der Waals surface area contributed by atoms with Crippen molar-refractivity contribution < 1.29 is 4.74 Å². The smallest absolute Gasteiger partial charge is 0.0680 e. The summed E-state index contributed by atoms with van der Waals surface area (Å²) >= 11 is 0. The maximum atomic E-state index is 5.40. The van der Waals surface area contributed by atoms with E-state index in [0.29, 0.717) is 6.10 Å². The maximum absolute atomic E-state index is 5.40. The van der Waals surface area contributed by atoms with Crippen LogP contribution in [0, 0.1) is 0 Å². The van der Waals surface area contributed by atoms with Gasteiger partial charge in [0, 0.05) is 0 Å². The summed E-state index contributed by atoms with van der Waals surface area (Å²) in [5.41, 5.74) is 2.92. The molecule has 1 rings (SSSR count). The van der Waals surface area contributed by atoms with Crippen LogP contribution in [0.2, 0.25) is 0 Å².